The zero-order valence-corrected chi connectivity index (χ0v) is 11.6. The van der Waals surface area contributed by atoms with Crippen molar-refractivity contribution in [2.24, 2.45) is 0 Å². The molecule has 4 N–H and O–H groups in total. The summed E-state index contributed by atoms with van der Waals surface area (Å²) in [4.78, 5) is 13.8. The standard InChI is InChI=1S/C12H24BN3O3/c1-2-12(5-6-14-9-12)15-8-11(17)16-7-3-4-10(16)13(18)19/h10,14-15,18-19H,2-9H2,1H3/t10-,12?/m0/s1. The van der Waals surface area contributed by atoms with Crippen molar-refractivity contribution in [3.8, 4) is 0 Å². The van der Waals surface area contributed by atoms with Crippen LogP contribution in [0, 0.1) is 0 Å². The second-order valence-electron chi connectivity index (χ2n) is 5.62. The molecule has 0 spiro atoms. The van der Waals surface area contributed by atoms with Crippen LogP contribution in [0.5, 0.6) is 0 Å². The van der Waals surface area contributed by atoms with E-state index in [0.29, 0.717) is 13.0 Å². The van der Waals surface area contributed by atoms with Gasteiger partial charge in [-0.2, -0.15) is 0 Å². The number of carbonyl (C=O) groups is 1. The molecular weight excluding hydrogens is 245 g/mol. The van der Waals surface area contributed by atoms with Crippen LogP contribution in [-0.2, 0) is 4.79 Å². The molecule has 0 aliphatic carbocycles. The molecule has 0 aromatic heterocycles. The minimum absolute atomic E-state index is 0.0166. The summed E-state index contributed by atoms with van der Waals surface area (Å²) in [6.07, 6.45) is 3.53. The van der Waals surface area contributed by atoms with Crippen molar-refractivity contribution in [2.45, 2.75) is 44.1 Å². The van der Waals surface area contributed by atoms with Gasteiger partial charge in [0.15, 0.2) is 0 Å². The number of hydrogen-bond donors (Lipinski definition) is 4. The van der Waals surface area contributed by atoms with Gasteiger partial charge in [0, 0.05) is 18.6 Å². The average molecular weight is 269 g/mol. The van der Waals surface area contributed by atoms with Crippen LogP contribution in [0.25, 0.3) is 0 Å². The number of rotatable bonds is 5. The Labute approximate surface area is 114 Å². The van der Waals surface area contributed by atoms with Crippen LogP contribution >= 0.6 is 0 Å². The molecule has 108 valence electrons. The van der Waals surface area contributed by atoms with Crippen LogP contribution in [-0.4, -0.2) is 65.6 Å². The van der Waals surface area contributed by atoms with Crippen LogP contribution in [0.1, 0.15) is 32.6 Å². The summed E-state index contributed by atoms with van der Waals surface area (Å²) in [5.41, 5.74) is 0.0166. The van der Waals surface area contributed by atoms with Crippen molar-refractivity contribution in [3.05, 3.63) is 0 Å². The van der Waals surface area contributed by atoms with Gasteiger partial charge in [-0.25, -0.2) is 0 Å². The average Bonchev–Trinajstić information content (AvgIpc) is 3.05. The number of nitrogens with zero attached hydrogens (tertiary/aromatic N) is 1. The van der Waals surface area contributed by atoms with Gasteiger partial charge < -0.3 is 25.6 Å². The Balaban J connectivity index is 1.87. The van der Waals surface area contributed by atoms with E-state index in [-0.39, 0.29) is 18.0 Å². The van der Waals surface area contributed by atoms with Gasteiger partial charge in [0.25, 0.3) is 0 Å². The molecule has 19 heavy (non-hydrogen) atoms. The number of likely N-dealkylation sites (tertiary alicyclic amines) is 1. The quantitative estimate of drug-likeness (QED) is 0.467. The molecule has 1 amide bonds. The Bertz CT molecular complexity index is 321. The molecule has 7 heteroatoms. The summed E-state index contributed by atoms with van der Waals surface area (Å²) >= 11 is 0. The maximum atomic E-state index is 12.2. The van der Waals surface area contributed by atoms with Crippen LogP contribution < -0.4 is 10.6 Å². The fourth-order valence-corrected chi connectivity index (χ4v) is 3.10. The molecule has 2 aliphatic rings. The Kier molecular flexibility index (Phi) is 4.84. The largest absolute Gasteiger partial charge is 0.475 e. The molecule has 6 nitrogen and oxygen atoms in total. The molecule has 2 aliphatic heterocycles. The van der Waals surface area contributed by atoms with Crippen molar-refractivity contribution in [2.75, 3.05) is 26.2 Å². The zero-order valence-electron chi connectivity index (χ0n) is 11.6. The lowest BCUT2D eigenvalue weighted by atomic mass is 9.78. The number of carbonyl (C=O) groups excluding carboxylic acids is 1. The van der Waals surface area contributed by atoms with Crippen LogP contribution in [0.15, 0.2) is 0 Å². The van der Waals surface area contributed by atoms with Crippen molar-refractivity contribution < 1.29 is 14.8 Å². The van der Waals surface area contributed by atoms with E-state index < -0.39 is 13.1 Å². The highest BCUT2D eigenvalue weighted by Gasteiger charge is 2.38. The summed E-state index contributed by atoms with van der Waals surface area (Å²) in [7, 11) is -1.43. The topological polar surface area (TPSA) is 84.8 Å². The molecule has 1 unspecified atom stereocenters. The van der Waals surface area contributed by atoms with Crippen LogP contribution in [0.4, 0.5) is 0 Å². The third-order valence-corrected chi connectivity index (χ3v) is 4.50. The van der Waals surface area contributed by atoms with E-state index in [9.17, 15) is 14.8 Å². The van der Waals surface area contributed by atoms with E-state index in [1.54, 1.807) is 4.90 Å². The first-order valence-electron chi connectivity index (χ1n) is 7.19. The van der Waals surface area contributed by atoms with Gasteiger partial charge in [-0.15, -0.1) is 0 Å². The minimum atomic E-state index is -1.43. The van der Waals surface area contributed by atoms with Crippen molar-refractivity contribution in [1.29, 1.82) is 0 Å². The summed E-state index contributed by atoms with van der Waals surface area (Å²) < 4.78 is 0. The third-order valence-electron chi connectivity index (χ3n) is 4.50. The monoisotopic (exact) mass is 269 g/mol. The summed E-state index contributed by atoms with van der Waals surface area (Å²) in [6.45, 7) is 4.90. The molecule has 0 aromatic rings. The minimum Gasteiger partial charge on any atom is -0.426 e. The predicted molar refractivity (Wildman–Crippen MR) is 73.4 cm³/mol. The van der Waals surface area contributed by atoms with E-state index >= 15 is 0 Å². The Morgan fingerprint density at radius 1 is 1.58 bits per heavy atom. The number of amides is 1. The van der Waals surface area contributed by atoms with E-state index in [0.717, 1.165) is 32.4 Å². The highest BCUT2D eigenvalue weighted by molar-refractivity contribution is 6.43. The maximum Gasteiger partial charge on any atom is 0.475 e. The first-order valence-corrected chi connectivity index (χ1v) is 7.19. The fourth-order valence-electron chi connectivity index (χ4n) is 3.10. The van der Waals surface area contributed by atoms with Crippen LogP contribution in [0.2, 0.25) is 0 Å². The first-order chi connectivity index (χ1) is 9.08. The van der Waals surface area contributed by atoms with E-state index in [1.165, 1.54) is 0 Å². The number of hydrogen-bond acceptors (Lipinski definition) is 5. The summed E-state index contributed by atoms with van der Waals surface area (Å²) in [6, 6.07) is 0. The lowest BCUT2D eigenvalue weighted by molar-refractivity contribution is -0.130. The molecule has 2 saturated heterocycles. The highest BCUT2D eigenvalue weighted by Crippen LogP contribution is 2.20. The lowest BCUT2D eigenvalue weighted by Crippen LogP contribution is -2.53. The Morgan fingerprint density at radius 3 is 2.95 bits per heavy atom. The Hall–Kier alpha value is -0.625. The molecule has 0 radical (unpaired) electrons. The van der Waals surface area contributed by atoms with Crippen molar-refractivity contribution >= 4 is 13.0 Å². The fraction of sp³-hybridized carbons (Fsp3) is 0.917. The number of nitrogens with one attached hydrogen (secondary N) is 2. The first kappa shape index (κ1) is 14.8. The van der Waals surface area contributed by atoms with Gasteiger partial charge in [0.2, 0.25) is 5.91 Å². The smallest absolute Gasteiger partial charge is 0.426 e. The molecule has 0 bridgehead atoms. The SMILES string of the molecule is CCC1(NCC(=O)N2CCC[C@H]2B(O)O)CCNC1. The van der Waals surface area contributed by atoms with Gasteiger partial charge in [-0.05, 0) is 32.2 Å². The van der Waals surface area contributed by atoms with Gasteiger partial charge in [0.1, 0.15) is 0 Å². The van der Waals surface area contributed by atoms with Crippen molar-refractivity contribution in [3.63, 3.8) is 0 Å². The second kappa shape index (κ2) is 6.22. The van der Waals surface area contributed by atoms with E-state index in [4.69, 9.17) is 0 Å². The van der Waals surface area contributed by atoms with Crippen molar-refractivity contribution in [1.82, 2.24) is 15.5 Å². The highest BCUT2D eigenvalue weighted by atomic mass is 16.4. The van der Waals surface area contributed by atoms with Gasteiger partial charge in [-0.3, -0.25) is 4.79 Å². The molecule has 2 heterocycles. The normalized spacial score (nSPS) is 30.9. The lowest BCUT2D eigenvalue weighted by Gasteiger charge is -2.30. The predicted octanol–water partition coefficient (Wildman–Crippen LogP) is -1.28. The zero-order chi connectivity index (χ0) is 13.9. The van der Waals surface area contributed by atoms with Gasteiger partial charge in [0.05, 0.1) is 12.5 Å². The van der Waals surface area contributed by atoms with Gasteiger partial charge in [-0.1, -0.05) is 6.92 Å². The van der Waals surface area contributed by atoms with Gasteiger partial charge >= 0.3 is 7.12 Å². The molecule has 2 rings (SSSR count). The molecular formula is C12H24BN3O3. The summed E-state index contributed by atoms with van der Waals surface area (Å²) in [5, 5.41) is 25.2. The third kappa shape index (κ3) is 3.28. The second-order valence-corrected chi connectivity index (χ2v) is 5.62. The molecule has 2 atom stereocenters. The maximum absolute atomic E-state index is 12.2. The molecule has 0 aromatic carbocycles. The van der Waals surface area contributed by atoms with E-state index in [1.807, 2.05) is 0 Å². The van der Waals surface area contributed by atoms with Crippen LogP contribution in [0.3, 0.4) is 0 Å². The summed E-state index contributed by atoms with van der Waals surface area (Å²) in [5.74, 6) is -0.469. The molecule has 2 fully saturated rings. The van der Waals surface area contributed by atoms with E-state index in [2.05, 4.69) is 17.6 Å². The Morgan fingerprint density at radius 2 is 2.37 bits per heavy atom. The molecule has 0 saturated carbocycles.